The Morgan fingerprint density at radius 1 is 1.08 bits per heavy atom. The van der Waals surface area contributed by atoms with Gasteiger partial charge in [-0.15, -0.1) is 0 Å². The van der Waals surface area contributed by atoms with Gasteiger partial charge in [0.2, 0.25) is 0 Å². The zero-order valence-corrected chi connectivity index (χ0v) is 15.7. The van der Waals surface area contributed by atoms with Crippen molar-refractivity contribution < 1.29 is 9.47 Å². The summed E-state index contributed by atoms with van der Waals surface area (Å²) in [5, 5.41) is 3.79. The summed E-state index contributed by atoms with van der Waals surface area (Å²) in [6, 6.07) is 13.3. The van der Waals surface area contributed by atoms with Crippen LogP contribution in [0.1, 0.15) is 19.4 Å². The van der Waals surface area contributed by atoms with Crippen molar-refractivity contribution in [3.63, 3.8) is 0 Å². The Hall–Kier alpha value is -2.40. The second kappa shape index (κ2) is 8.12. The lowest BCUT2D eigenvalue weighted by atomic mass is 9.85. The molecule has 0 saturated heterocycles. The number of benzene rings is 2. The molecule has 5 nitrogen and oxygen atoms in total. The molecule has 0 bridgehead atoms. The van der Waals surface area contributed by atoms with Crippen LogP contribution in [0.3, 0.4) is 0 Å². The van der Waals surface area contributed by atoms with Crippen molar-refractivity contribution in [3.8, 4) is 11.5 Å². The third-order valence-corrected chi connectivity index (χ3v) is 4.18. The van der Waals surface area contributed by atoms with Crippen LogP contribution in [-0.2, 0) is 5.41 Å². The SMILES string of the molecule is COc1ccc(NC(N)=NCC(C)(C)c2ccc(Cl)cc2)cc1OC. The van der Waals surface area contributed by atoms with Crippen LogP contribution in [0.2, 0.25) is 5.02 Å². The molecule has 0 fully saturated rings. The molecule has 2 aromatic rings. The fraction of sp³-hybridized carbons (Fsp3) is 0.316. The fourth-order valence-corrected chi connectivity index (χ4v) is 2.50. The van der Waals surface area contributed by atoms with Gasteiger partial charge in [0, 0.05) is 22.2 Å². The zero-order valence-electron chi connectivity index (χ0n) is 15.0. The van der Waals surface area contributed by atoms with Crippen molar-refractivity contribution in [2.75, 3.05) is 26.1 Å². The Bertz CT molecular complexity index is 743. The number of methoxy groups -OCH3 is 2. The third-order valence-electron chi connectivity index (χ3n) is 3.93. The largest absolute Gasteiger partial charge is 0.493 e. The normalized spacial score (nSPS) is 12.0. The standard InChI is InChI=1S/C19H24ClN3O2/c1-19(2,13-5-7-14(20)8-6-13)12-22-18(21)23-15-9-10-16(24-3)17(11-15)25-4/h5-11H,12H2,1-4H3,(H3,21,22,23). The van der Waals surface area contributed by atoms with Gasteiger partial charge in [0.25, 0.3) is 0 Å². The monoisotopic (exact) mass is 361 g/mol. The molecule has 134 valence electrons. The van der Waals surface area contributed by atoms with E-state index in [0.29, 0.717) is 24.0 Å². The van der Waals surface area contributed by atoms with E-state index in [1.807, 2.05) is 42.5 Å². The average Bonchev–Trinajstić information content (AvgIpc) is 2.60. The van der Waals surface area contributed by atoms with Crippen LogP contribution in [0.4, 0.5) is 5.69 Å². The molecule has 0 aliphatic rings. The minimum Gasteiger partial charge on any atom is -0.493 e. The van der Waals surface area contributed by atoms with Crippen LogP contribution in [0.5, 0.6) is 11.5 Å². The molecule has 0 spiro atoms. The van der Waals surface area contributed by atoms with Crippen molar-refractivity contribution in [1.29, 1.82) is 0 Å². The zero-order chi connectivity index (χ0) is 18.4. The maximum atomic E-state index is 6.02. The fourth-order valence-electron chi connectivity index (χ4n) is 2.38. The van der Waals surface area contributed by atoms with Gasteiger partial charge in [0.05, 0.1) is 20.8 Å². The van der Waals surface area contributed by atoms with Crippen molar-refractivity contribution >= 4 is 23.2 Å². The summed E-state index contributed by atoms with van der Waals surface area (Å²) in [7, 11) is 3.19. The number of nitrogens with two attached hydrogens (primary N) is 1. The molecule has 0 amide bonds. The van der Waals surface area contributed by atoms with Crippen molar-refractivity contribution in [3.05, 3.63) is 53.1 Å². The Morgan fingerprint density at radius 3 is 2.32 bits per heavy atom. The minimum atomic E-state index is -0.158. The van der Waals surface area contributed by atoms with Crippen LogP contribution < -0.4 is 20.5 Å². The van der Waals surface area contributed by atoms with Gasteiger partial charge in [-0.05, 0) is 29.8 Å². The highest BCUT2D eigenvalue weighted by Gasteiger charge is 2.20. The number of hydrogen-bond acceptors (Lipinski definition) is 3. The Balaban J connectivity index is 2.07. The molecule has 0 saturated carbocycles. The molecule has 0 heterocycles. The molecule has 0 unspecified atom stereocenters. The van der Waals surface area contributed by atoms with E-state index in [0.717, 1.165) is 16.3 Å². The molecule has 3 N–H and O–H groups in total. The number of nitrogens with one attached hydrogen (secondary N) is 1. The summed E-state index contributed by atoms with van der Waals surface area (Å²) in [4.78, 5) is 4.47. The predicted octanol–water partition coefficient (Wildman–Crippen LogP) is 4.06. The van der Waals surface area contributed by atoms with E-state index >= 15 is 0 Å². The Labute approximate surface area is 153 Å². The van der Waals surface area contributed by atoms with Crippen LogP contribution in [0.15, 0.2) is 47.5 Å². The highest BCUT2D eigenvalue weighted by Crippen LogP contribution is 2.29. The lowest BCUT2D eigenvalue weighted by Crippen LogP contribution is -2.27. The number of rotatable bonds is 6. The molecule has 0 aliphatic carbocycles. The van der Waals surface area contributed by atoms with E-state index in [1.54, 1.807) is 14.2 Å². The molecule has 0 aliphatic heterocycles. The quantitative estimate of drug-likeness (QED) is 0.601. The molecule has 0 aromatic heterocycles. The van der Waals surface area contributed by atoms with Gasteiger partial charge in [-0.25, -0.2) is 0 Å². The van der Waals surface area contributed by atoms with Gasteiger partial charge in [-0.1, -0.05) is 37.6 Å². The van der Waals surface area contributed by atoms with E-state index in [2.05, 4.69) is 24.2 Å². The van der Waals surface area contributed by atoms with Crippen molar-refractivity contribution in [1.82, 2.24) is 0 Å². The summed E-state index contributed by atoms with van der Waals surface area (Å²) in [6.45, 7) is 4.77. The first-order valence-corrected chi connectivity index (χ1v) is 8.28. The van der Waals surface area contributed by atoms with Crippen LogP contribution in [0.25, 0.3) is 0 Å². The third kappa shape index (κ3) is 5.03. The molecule has 2 aromatic carbocycles. The number of anilines is 1. The number of nitrogens with zero attached hydrogens (tertiary/aromatic N) is 1. The highest BCUT2D eigenvalue weighted by molar-refractivity contribution is 6.30. The molecule has 6 heteroatoms. The number of guanidine groups is 1. The van der Waals surface area contributed by atoms with Gasteiger partial charge in [-0.3, -0.25) is 4.99 Å². The number of hydrogen-bond donors (Lipinski definition) is 2. The van der Waals surface area contributed by atoms with Gasteiger partial charge < -0.3 is 20.5 Å². The van der Waals surface area contributed by atoms with E-state index in [1.165, 1.54) is 0 Å². The first kappa shape index (κ1) is 18.9. The van der Waals surface area contributed by atoms with Crippen LogP contribution >= 0.6 is 11.6 Å². The Morgan fingerprint density at radius 2 is 1.72 bits per heavy atom. The first-order valence-electron chi connectivity index (χ1n) is 7.91. The predicted molar refractivity (Wildman–Crippen MR) is 104 cm³/mol. The average molecular weight is 362 g/mol. The minimum absolute atomic E-state index is 0.158. The van der Waals surface area contributed by atoms with Crippen molar-refractivity contribution in [2.24, 2.45) is 10.7 Å². The lowest BCUT2D eigenvalue weighted by molar-refractivity contribution is 0.355. The van der Waals surface area contributed by atoms with Gasteiger partial charge >= 0.3 is 0 Å². The molecular formula is C19H24ClN3O2. The first-order chi connectivity index (χ1) is 11.9. The lowest BCUT2D eigenvalue weighted by Gasteiger charge is -2.23. The molecule has 25 heavy (non-hydrogen) atoms. The summed E-state index contributed by atoms with van der Waals surface area (Å²) in [5.41, 5.74) is 7.80. The summed E-state index contributed by atoms with van der Waals surface area (Å²) >= 11 is 5.95. The molecular weight excluding hydrogens is 338 g/mol. The van der Waals surface area contributed by atoms with Crippen LogP contribution in [0, 0.1) is 0 Å². The summed E-state index contributed by atoms with van der Waals surface area (Å²) in [5.74, 6) is 1.63. The van der Waals surface area contributed by atoms with Crippen LogP contribution in [-0.4, -0.2) is 26.7 Å². The van der Waals surface area contributed by atoms with E-state index in [-0.39, 0.29) is 5.41 Å². The van der Waals surface area contributed by atoms with E-state index in [4.69, 9.17) is 26.8 Å². The highest BCUT2D eigenvalue weighted by atomic mass is 35.5. The maximum absolute atomic E-state index is 6.02. The van der Waals surface area contributed by atoms with E-state index in [9.17, 15) is 0 Å². The maximum Gasteiger partial charge on any atom is 0.193 e. The molecule has 0 radical (unpaired) electrons. The van der Waals surface area contributed by atoms with Crippen molar-refractivity contribution in [2.45, 2.75) is 19.3 Å². The smallest absolute Gasteiger partial charge is 0.193 e. The Kier molecular flexibility index (Phi) is 6.15. The summed E-state index contributed by atoms with van der Waals surface area (Å²) < 4.78 is 10.5. The van der Waals surface area contributed by atoms with E-state index < -0.39 is 0 Å². The molecule has 2 rings (SSSR count). The van der Waals surface area contributed by atoms with Gasteiger partial charge in [-0.2, -0.15) is 0 Å². The second-order valence-electron chi connectivity index (χ2n) is 6.29. The van der Waals surface area contributed by atoms with Gasteiger partial charge in [0.15, 0.2) is 17.5 Å². The number of halogens is 1. The second-order valence-corrected chi connectivity index (χ2v) is 6.72. The molecule has 0 atom stereocenters. The number of ether oxygens (including phenoxy) is 2. The topological polar surface area (TPSA) is 68.9 Å². The number of aliphatic imine (C=N–C) groups is 1. The van der Waals surface area contributed by atoms with Gasteiger partial charge in [0.1, 0.15) is 0 Å². The summed E-state index contributed by atoms with van der Waals surface area (Å²) in [6.07, 6.45) is 0.